The molecule has 0 aromatic heterocycles. The van der Waals surface area contributed by atoms with Gasteiger partial charge in [-0.2, -0.15) is 0 Å². The van der Waals surface area contributed by atoms with Gasteiger partial charge < -0.3 is 14.2 Å². The maximum absolute atomic E-state index is 12.5. The second-order valence-corrected chi connectivity index (χ2v) is 9.58. The third kappa shape index (κ3) is 6.25. The van der Waals surface area contributed by atoms with Gasteiger partial charge in [-0.15, -0.1) is 0 Å². The number of hydrogen-bond acceptors (Lipinski definition) is 8. The van der Waals surface area contributed by atoms with Crippen LogP contribution in [0.3, 0.4) is 0 Å². The average molecular weight is 502 g/mol. The maximum Gasteiger partial charge on any atom is 0.327 e. The third-order valence-corrected chi connectivity index (χ3v) is 7.27. The zero-order chi connectivity index (χ0) is 25.4. The summed E-state index contributed by atoms with van der Waals surface area (Å²) < 4.78 is 39.4. The van der Waals surface area contributed by atoms with Crippen molar-refractivity contribution in [1.29, 1.82) is 0 Å². The molecule has 0 amide bonds. The van der Waals surface area contributed by atoms with Crippen LogP contribution in [0.15, 0.2) is 65.6 Å². The van der Waals surface area contributed by atoms with Crippen LogP contribution < -0.4 is 9.04 Å². The fourth-order valence-electron chi connectivity index (χ4n) is 3.77. The molecule has 0 atom stereocenters. The lowest BCUT2D eigenvalue weighted by Gasteiger charge is -2.44. The molecular formula is C26H31NO7S. The Labute approximate surface area is 206 Å². The van der Waals surface area contributed by atoms with Crippen LogP contribution in [-0.4, -0.2) is 47.9 Å². The van der Waals surface area contributed by atoms with Crippen LogP contribution in [0.25, 0.3) is 10.8 Å². The Hall–Kier alpha value is -3.27. The van der Waals surface area contributed by atoms with Crippen LogP contribution in [0.1, 0.15) is 25.8 Å². The highest BCUT2D eigenvalue weighted by atomic mass is 32.3. The first-order valence-corrected chi connectivity index (χ1v) is 12.8. The highest BCUT2D eigenvalue weighted by Crippen LogP contribution is 2.55. The Morgan fingerprint density at radius 1 is 0.857 bits per heavy atom. The van der Waals surface area contributed by atoms with Gasteiger partial charge >= 0.3 is 11.9 Å². The number of carbonyl (C=O) groups is 2. The molecule has 0 radical (unpaired) electrons. The monoisotopic (exact) mass is 501 g/mol. The quantitative estimate of drug-likeness (QED) is 0.335. The van der Waals surface area contributed by atoms with Crippen molar-refractivity contribution in [3.63, 3.8) is 0 Å². The fraction of sp³-hybridized carbons (Fsp3) is 0.308. The Balaban J connectivity index is 2.08. The number of methoxy groups -OCH3 is 1. The topological polar surface area (TPSA) is 106 Å². The first kappa shape index (κ1) is 26.3. The molecule has 0 saturated carbocycles. The van der Waals surface area contributed by atoms with Crippen LogP contribution in [0.5, 0.6) is 5.75 Å². The molecule has 0 unspecified atom stereocenters. The van der Waals surface area contributed by atoms with Crippen LogP contribution in [-0.2, 0) is 25.5 Å². The summed E-state index contributed by atoms with van der Waals surface area (Å²) in [5, 5.41) is 1.56. The number of benzene rings is 3. The van der Waals surface area contributed by atoms with Crippen molar-refractivity contribution in [2.75, 3.05) is 31.2 Å². The van der Waals surface area contributed by atoms with Gasteiger partial charge in [0.1, 0.15) is 12.3 Å². The van der Waals surface area contributed by atoms with Gasteiger partial charge in [0.05, 0.1) is 30.9 Å². The van der Waals surface area contributed by atoms with E-state index < -0.39 is 16.7 Å². The second-order valence-electron chi connectivity index (χ2n) is 7.63. The molecule has 0 aliphatic rings. The Kier molecular flexibility index (Phi) is 8.97. The molecule has 3 rings (SSSR count). The van der Waals surface area contributed by atoms with Crippen LogP contribution in [0.2, 0.25) is 0 Å². The van der Waals surface area contributed by atoms with Gasteiger partial charge in [0, 0.05) is 11.8 Å². The van der Waals surface area contributed by atoms with E-state index in [1.807, 2.05) is 30.3 Å². The largest absolute Gasteiger partial charge is 0.497 e. The molecule has 0 aliphatic heterocycles. The number of aryl methyl sites for hydroxylation is 1. The van der Waals surface area contributed by atoms with E-state index >= 15 is 0 Å². The Morgan fingerprint density at radius 3 is 2.11 bits per heavy atom. The molecule has 0 heterocycles. The van der Waals surface area contributed by atoms with Crippen molar-refractivity contribution in [2.24, 2.45) is 0 Å². The summed E-state index contributed by atoms with van der Waals surface area (Å²) in [5.74, 6) is -0.299. The molecular weight excluding hydrogens is 470 g/mol. The van der Waals surface area contributed by atoms with E-state index in [0.29, 0.717) is 29.9 Å². The van der Waals surface area contributed by atoms with Crippen molar-refractivity contribution >= 4 is 39.2 Å². The normalized spacial score (nSPS) is 11.7. The van der Waals surface area contributed by atoms with Gasteiger partial charge in [-0.25, -0.2) is 0 Å². The molecule has 35 heavy (non-hydrogen) atoms. The van der Waals surface area contributed by atoms with Gasteiger partial charge in [-0.05, 0) is 61.5 Å². The third-order valence-electron chi connectivity index (χ3n) is 5.42. The van der Waals surface area contributed by atoms with Crippen molar-refractivity contribution in [3.8, 4) is 5.75 Å². The predicted octanol–water partition coefficient (Wildman–Crippen LogP) is 5.44. The molecule has 3 aromatic carbocycles. The molecule has 0 spiro atoms. The van der Waals surface area contributed by atoms with E-state index in [9.17, 15) is 18.7 Å². The van der Waals surface area contributed by atoms with E-state index in [-0.39, 0.29) is 30.4 Å². The molecule has 0 saturated heterocycles. The summed E-state index contributed by atoms with van der Waals surface area (Å²) in [6, 6.07) is 17.4. The average Bonchev–Trinajstić information content (AvgIpc) is 2.86. The van der Waals surface area contributed by atoms with Crippen molar-refractivity contribution in [1.82, 2.24) is 0 Å². The number of fused-ring (bicyclic) bond motifs is 1. The van der Waals surface area contributed by atoms with Crippen molar-refractivity contribution in [2.45, 2.75) is 31.6 Å². The summed E-state index contributed by atoms with van der Waals surface area (Å²) in [6.07, 6.45) is 0.691. The highest BCUT2D eigenvalue weighted by molar-refractivity contribution is 8.25. The highest BCUT2D eigenvalue weighted by Gasteiger charge is 2.30. The Morgan fingerprint density at radius 2 is 1.49 bits per heavy atom. The maximum atomic E-state index is 12.5. The van der Waals surface area contributed by atoms with E-state index in [2.05, 4.69) is 0 Å². The standard InChI is InChI=1S/C26H31NO7S/c1-4-33-25(28)17-11-19-10-16-24(23-9-7-6-8-22(19)23)27(18-26(29)34-5-2)35(30,31)21-14-12-20(32-3)13-15-21/h6-10,12-16,30-31H,4-5,11,17-18H2,1-3H3. The SMILES string of the molecule is CCOC(=O)CCc1ccc(N(CC(=O)OCC)S(O)(O)c2ccc(OC)cc2)c2ccccc12. The molecule has 0 bridgehead atoms. The fourth-order valence-corrected chi connectivity index (χ4v) is 5.25. The van der Waals surface area contributed by atoms with E-state index in [4.69, 9.17) is 14.2 Å². The van der Waals surface area contributed by atoms with Gasteiger partial charge in [0.25, 0.3) is 0 Å². The number of rotatable bonds is 11. The zero-order valence-electron chi connectivity index (χ0n) is 20.1. The zero-order valence-corrected chi connectivity index (χ0v) is 20.9. The Bertz CT molecular complexity index is 1160. The van der Waals surface area contributed by atoms with Crippen molar-refractivity contribution in [3.05, 3.63) is 66.2 Å². The number of esters is 2. The molecule has 9 heteroatoms. The minimum atomic E-state index is -3.63. The number of carbonyl (C=O) groups excluding carboxylic acids is 2. The smallest absolute Gasteiger partial charge is 0.327 e. The van der Waals surface area contributed by atoms with Gasteiger partial charge in [0.15, 0.2) is 0 Å². The van der Waals surface area contributed by atoms with E-state index in [0.717, 1.165) is 10.9 Å². The van der Waals surface area contributed by atoms with Gasteiger partial charge in [0.2, 0.25) is 0 Å². The molecule has 8 nitrogen and oxygen atoms in total. The molecule has 0 fully saturated rings. The minimum Gasteiger partial charge on any atom is -0.497 e. The first-order valence-electron chi connectivity index (χ1n) is 11.3. The first-order chi connectivity index (χ1) is 16.8. The van der Waals surface area contributed by atoms with Gasteiger partial charge in [-0.1, -0.05) is 41.1 Å². The van der Waals surface area contributed by atoms with Gasteiger partial charge in [-0.3, -0.25) is 23.0 Å². The van der Waals surface area contributed by atoms with Crippen LogP contribution in [0, 0.1) is 0 Å². The predicted molar refractivity (Wildman–Crippen MR) is 137 cm³/mol. The lowest BCUT2D eigenvalue weighted by atomic mass is 9.99. The van der Waals surface area contributed by atoms with Crippen molar-refractivity contribution < 1.29 is 32.9 Å². The number of ether oxygens (including phenoxy) is 3. The number of anilines is 1. The number of hydrogen-bond donors (Lipinski definition) is 2. The lowest BCUT2D eigenvalue weighted by molar-refractivity contribution is -0.143. The minimum absolute atomic E-state index is 0.169. The van der Waals surface area contributed by atoms with Crippen LogP contribution >= 0.6 is 10.8 Å². The summed E-state index contributed by atoms with van der Waals surface area (Å²) in [5.41, 5.74) is 1.37. The number of nitrogens with zero attached hydrogens (tertiary/aromatic N) is 1. The summed E-state index contributed by atoms with van der Waals surface area (Å²) in [7, 11) is -2.10. The lowest BCUT2D eigenvalue weighted by Crippen LogP contribution is -2.34. The van der Waals surface area contributed by atoms with E-state index in [1.54, 1.807) is 44.2 Å². The molecule has 188 valence electrons. The summed E-state index contributed by atoms with van der Waals surface area (Å²) in [4.78, 5) is 24.6. The molecule has 2 N–H and O–H groups in total. The van der Waals surface area contributed by atoms with Crippen LogP contribution in [0.4, 0.5) is 5.69 Å². The second kappa shape index (κ2) is 11.9. The van der Waals surface area contributed by atoms with E-state index in [1.165, 1.54) is 11.4 Å². The summed E-state index contributed by atoms with van der Waals surface area (Å²) >= 11 is 0. The molecule has 3 aromatic rings. The summed E-state index contributed by atoms with van der Waals surface area (Å²) in [6.45, 7) is 3.58. The molecule has 0 aliphatic carbocycles.